The number of sulfonamides is 1. The van der Waals surface area contributed by atoms with E-state index in [0.29, 0.717) is 18.0 Å². The van der Waals surface area contributed by atoms with Crippen molar-refractivity contribution in [3.63, 3.8) is 0 Å². The molecule has 0 spiro atoms. The van der Waals surface area contributed by atoms with Gasteiger partial charge in [-0.05, 0) is 30.7 Å². The summed E-state index contributed by atoms with van der Waals surface area (Å²) in [6.07, 6.45) is -0.223. The molecule has 0 bridgehead atoms. The second-order valence-electron chi connectivity index (χ2n) is 4.53. The number of hydrogen-bond acceptors (Lipinski definition) is 4. The zero-order valence-electron chi connectivity index (χ0n) is 10.9. The largest absolute Gasteiger partial charge is 0.444 e. The number of likely N-dealkylation sites (N-methyl/N-ethyl adjacent to an activating group) is 1. The molecule has 8 heteroatoms. The molecule has 1 heterocycles. The van der Waals surface area contributed by atoms with E-state index < -0.39 is 10.0 Å². The zero-order valence-corrected chi connectivity index (χ0v) is 12.4. The van der Waals surface area contributed by atoms with Crippen molar-refractivity contribution in [3.05, 3.63) is 29.3 Å². The van der Waals surface area contributed by atoms with Gasteiger partial charge in [0.2, 0.25) is 10.0 Å². The van der Waals surface area contributed by atoms with E-state index in [2.05, 4.69) is 4.72 Å². The third-order valence-electron chi connectivity index (χ3n) is 2.94. The van der Waals surface area contributed by atoms with Gasteiger partial charge in [0.05, 0.1) is 11.4 Å². The number of carbonyl (C=O) groups excluding carboxylic acids is 1. The Hall–Kier alpha value is -1.31. The Morgan fingerprint density at radius 2 is 2.05 bits per heavy atom. The first-order valence-corrected chi connectivity index (χ1v) is 7.91. The van der Waals surface area contributed by atoms with Crippen LogP contribution in [0.25, 0.3) is 0 Å². The molecule has 0 aliphatic carbocycles. The van der Waals surface area contributed by atoms with E-state index in [1.165, 1.54) is 29.2 Å². The van der Waals surface area contributed by atoms with Crippen molar-refractivity contribution < 1.29 is 17.9 Å². The van der Waals surface area contributed by atoms with Crippen LogP contribution in [0.4, 0.5) is 4.79 Å². The molecule has 1 fully saturated rings. The molecule has 1 unspecified atom stereocenters. The Bertz CT molecular complexity index is 588. The second kappa shape index (κ2) is 5.99. The van der Waals surface area contributed by atoms with Crippen molar-refractivity contribution in [2.45, 2.75) is 17.4 Å². The molecule has 1 aliphatic heterocycles. The molecule has 1 N–H and O–H groups in total. The first-order chi connectivity index (χ1) is 9.38. The summed E-state index contributed by atoms with van der Waals surface area (Å²) in [5, 5.41) is 0.477. The average Bonchev–Trinajstić information content (AvgIpc) is 2.69. The Labute approximate surface area is 122 Å². The van der Waals surface area contributed by atoms with Gasteiger partial charge in [-0.2, -0.15) is 0 Å². The van der Waals surface area contributed by atoms with E-state index in [0.717, 1.165) is 0 Å². The summed E-state index contributed by atoms with van der Waals surface area (Å²) in [7, 11) is -1.92. The molecule has 1 aromatic carbocycles. The van der Waals surface area contributed by atoms with Gasteiger partial charge >= 0.3 is 6.09 Å². The molecule has 0 saturated carbocycles. The first kappa shape index (κ1) is 15.1. The van der Waals surface area contributed by atoms with Crippen LogP contribution in [0.15, 0.2) is 29.2 Å². The van der Waals surface area contributed by atoms with Crippen molar-refractivity contribution >= 4 is 27.7 Å². The van der Waals surface area contributed by atoms with Gasteiger partial charge in [-0.1, -0.05) is 11.6 Å². The van der Waals surface area contributed by atoms with E-state index in [1.807, 2.05) is 0 Å². The minimum absolute atomic E-state index is 0.155. The highest BCUT2D eigenvalue weighted by molar-refractivity contribution is 7.89. The lowest BCUT2D eigenvalue weighted by Crippen LogP contribution is -2.28. The summed E-state index contributed by atoms with van der Waals surface area (Å²) in [6.45, 7) is 0.679. The van der Waals surface area contributed by atoms with Gasteiger partial charge in [-0.25, -0.2) is 17.9 Å². The lowest BCUT2D eigenvalue weighted by molar-refractivity contribution is 0.131. The van der Waals surface area contributed by atoms with E-state index >= 15 is 0 Å². The molecule has 110 valence electrons. The van der Waals surface area contributed by atoms with Crippen molar-refractivity contribution in [1.29, 1.82) is 0 Å². The monoisotopic (exact) mass is 318 g/mol. The van der Waals surface area contributed by atoms with Gasteiger partial charge in [-0.15, -0.1) is 0 Å². The fourth-order valence-electron chi connectivity index (χ4n) is 1.85. The summed E-state index contributed by atoms with van der Waals surface area (Å²) in [4.78, 5) is 12.8. The number of halogens is 1. The van der Waals surface area contributed by atoms with Crippen molar-refractivity contribution in [1.82, 2.24) is 9.62 Å². The third-order valence-corrected chi connectivity index (χ3v) is 4.67. The van der Waals surface area contributed by atoms with E-state index in [-0.39, 0.29) is 23.6 Å². The maximum absolute atomic E-state index is 12.0. The maximum atomic E-state index is 12.0. The van der Waals surface area contributed by atoms with Gasteiger partial charge < -0.3 is 9.64 Å². The highest BCUT2D eigenvalue weighted by Gasteiger charge is 2.28. The van der Waals surface area contributed by atoms with Crippen LogP contribution >= 0.6 is 11.6 Å². The van der Waals surface area contributed by atoms with Crippen LogP contribution in [0.2, 0.25) is 5.02 Å². The second-order valence-corrected chi connectivity index (χ2v) is 6.73. The Morgan fingerprint density at radius 1 is 1.40 bits per heavy atom. The molecular formula is C12H15ClN2O4S. The van der Waals surface area contributed by atoms with Crippen molar-refractivity contribution in [3.8, 4) is 0 Å². The topological polar surface area (TPSA) is 75.7 Å². The number of nitrogens with one attached hydrogen (secondary N) is 1. The molecule has 6 nitrogen and oxygen atoms in total. The lowest BCUT2D eigenvalue weighted by atomic mass is 10.2. The SMILES string of the molecule is CN1CC(CCNS(=O)(=O)c2ccc(Cl)cc2)OC1=O. The Kier molecular flexibility index (Phi) is 4.52. The molecule has 1 aliphatic rings. The van der Waals surface area contributed by atoms with Crippen LogP contribution < -0.4 is 4.72 Å². The minimum atomic E-state index is -3.56. The van der Waals surface area contributed by atoms with Crippen molar-refractivity contribution in [2.75, 3.05) is 20.1 Å². The van der Waals surface area contributed by atoms with Gasteiger partial charge in [0.1, 0.15) is 6.10 Å². The fraction of sp³-hybridized carbons (Fsp3) is 0.417. The van der Waals surface area contributed by atoms with Crippen LogP contribution in [0.1, 0.15) is 6.42 Å². The molecule has 2 rings (SSSR count). The van der Waals surface area contributed by atoms with E-state index in [1.54, 1.807) is 7.05 Å². The fourth-order valence-corrected chi connectivity index (χ4v) is 3.03. The number of hydrogen-bond donors (Lipinski definition) is 1. The maximum Gasteiger partial charge on any atom is 0.409 e. The van der Waals surface area contributed by atoms with Crippen LogP contribution in [-0.2, 0) is 14.8 Å². The molecule has 0 aromatic heterocycles. The summed E-state index contributed by atoms with van der Waals surface area (Å²) in [5.41, 5.74) is 0. The van der Waals surface area contributed by atoms with Crippen LogP contribution in [0.3, 0.4) is 0 Å². The number of nitrogens with zero attached hydrogens (tertiary/aromatic N) is 1. The summed E-state index contributed by atoms with van der Waals surface area (Å²) >= 11 is 5.71. The average molecular weight is 319 g/mol. The summed E-state index contributed by atoms with van der Waals surface area (Å²) < 4.78 is 31.5. The quantitative estimate of drug-likeness (QED) is 0.891. The highest BCUT2D eigenvalue weighted by atomic mass is 35.5. The smallest absolute Gasteiger partial charge is 0.409 e. The van der Waals surface area contributed by atoms with Gasteiger partial charge in [-0.3, -0.25) is 0 Å². The number of benzene rings is 1. The number of amides is 1. The molecule has 1 saturated heterocycles. The van der Waals surface area contributed by atoms with Crippen molar-refractivity contribution in [2.24, 2.45) is 0 Å². The van der Waals surface area contributed by atoms with Gasteiger partial charge in [0.15, 0.2) is 0 Å². The summed E-state index contributed by atoms with van der Waals surface area (Å²) in [6, 6.07) is 5.91. The molecular weight excluding hydrogens is 304 g/mol. The Morgan fingerprint density at radius 3 is 2.60 bits per heavy atom. The summed E-state index contributed by atoms with van der Waals surface area (Å²) in [5.74, 6) is 0. The molecule has 0 radical (unpaired) electrons. The predicted molar refractivity (Wildman–Crippen MR) is 74.2 cm³/mol. The number of carbonyl (C=O) groups is 1. The van der Waals surface area contributed by atoms with Crippen LogP contribution in [0.5, 0.6) is 0 Å². The van der Waals surface area contributed by atoms with E-state index in [9.17, 15) is 13.2 Å². The standard InChI is InChI=1S/C12H15ClN2O4S/c1-15-8-10(19-12(15)16)6-7-14-20(17,18)11-4-2-9(13)3-5-11/h2-5,10,14H,6-8H2,1H3. The minimum Gasteiger partial charge on any atom is -0.444 e. The number of rotatable bonds is 5. The number of cyclic esters (lactones) is 1. The number of ether oxygens (including phenoxy) is 1. The highest BCUT2D eigenvalue weighted by Crippen LogP contribution is 2.15. The van der Waals surface area contributed by atoms with E-state index in [4.69, 9.17) is 16.3 Å². The first-order valence-electron chi connectivity index (χ1n) is 6.05. The van der Waals surface area contributed by atoms with Gasteiger partial charge in [0, 0.05) is 18.6 Å². The molecule has 1 amide bonds. The van der Waals surface area contributed by atoms with Crippen LogP contribution in [-0.4, -0.2) is 45.7 Å². The lowest BCUT2D eigenvalue weighted by Gasteiger charge is -2.10. The predicted octanol–water partition coefficient (Wildman–Crippen LogP) is 1.46. The molecule has 20 heavy (non-hydrogen) atoms. The van der Waals surface area contributed by atoms with Gasteiger partial charge in [0.25, 0.3) is 0 Å². The normalized spacial score (nSPS) is 19.2. The third kappa shape index (κ3) is 3.62. The van der Waals surface area contributed by atoms with Crippen LogP contribution in [0, 0.1) is 0 Å². The molecule has 1 atom stereocenters. The molecule has 1 aromatic rings. The Balaban J connectivity index is 1.87. The zero-order chi connectivity index (χ0) is 14.8.